The number of aliphatic hydroxyl groups excluding tert-OH is 1. The number of carbonyl (C=O) groups excluding carboxylic acids is 1. The second-order valence-corrected chi connectivity index (χ2v) is 17.0. The zero-order valence-electron chi connectivity index (χ0n) is 33.5. The summed E-state index contributed by atoms with van der Waals surface area (Å²) in [5.41, 5.74) is 0. The van der Waals surface area contributed by atoms with Crippen molar-refractivity contribution >= 4 is 13.8 Å². The van der Waals surface area contributed by atoms with E-state index in [4.69, 9.17) is 18.5 Å². The van der Waals surface area contributed by atoms with Crippen LogP contribution in [0.3, 0.4) is 0 Å². The van der Waals surface area contributed by atoms with E-state index in [1.54, 1.807) is 0 Å². The fourth-order valence-corrected chi connectivity index (χ4v) is 6.68. The number of esters is 1. The first kappa shape index (κ1) is 49.5. The molecule has 0 radical (unpaired) electrons. The average Bonchev–Trinajstić information content (AvgIpc) is 3.06. The van der Waals surface area contributed by atoms with E-state index in [-0.39, 0.29) is 25.8 Å². The molecular formula is C40H83NO8P+. The molecule has 300 valence electrons. The maximum atomic E-state index is 12.5. The average molecular weight is 737 g/mol. The molecule has 0 fully saturated rings. The number of rotatable bonds is 39. The fourth-order valence-electron chi connectivity index (χ4n) is 5.94. The molecule has 9 nitrogen and oxygen atoms in total. The van der Waals surface area contributed by atoms with Crippen LogP contribution in [0.1, 0.15) is 194 Å². The minimum Gasteiger partial charge on any atom is -0.463 e. The summed E-state index contributed by atoms with van der Waals surface area (Å²) in [5.74, 6) is -0.334. The van der Waals surface area contributed by atoms with Gasteiger partial charge in [-0.1, -0.05) is 168 Å². The van der Waals surface area contributed by atoms with Crippen molar-refractivity contribution in [3.63, 3.8) is 0 Å². The van der Waals surface area contributed by atoms with Crippen molar-refractivity contribution < 1.29 is 42.4 Å². The first-order valence-corrected chi connectivity index (χ1v) is 22.4. The summed E-state index contributed by atoms with van der Waals surface area (Å²) in [6, 6.07) is 0. The number of hydrogen-bond acceptors (Lipinski definition) is 7. The minimum absolute atomic E-state index is 0.0542. The summed E-state index contributed by atoms with van der Waals surface area (Å²) in [6.45, 7) is 4.60. The molecule has 10 heteroatoms. The lowest BCUT2D eigenvalue weighted by Crippen LogP contribution is -2.37. The van der Waals surface area contributed by atoms with E-state index in [9.17, 15) is 19.4 Å². The third-order valence-electron chi connectivity index (χ3n) is 9.26. The van der Waals surface area contributed by atoms with E-state index in [0.717, 1.165) is 38.5 Å². The second-order valence-electron chi connectivity index (χ2n) is 15.5. The number of quaternary nitrogens is 1. The Morgan fingerprint density at radius 3 is 1.42 bits per heavy atom. The van der Waals surface area contributed by atoms with Crippen LogP contribution < -0.4 is 0 Å². The zero-order chi connectivity index (χ0) is 37.2. The van der Waals surface area contributed by atoms with Crippen LogP contribution in [-0.4, -0.2) is 80.4 Å². The van der Waals surface area contributed by atoms with E-state index in [1.807, 2.05) is 21.1 Å². The Bertz CT molecular complexity index is 794. The molecule has 0 aliphatic heterocycles. The highest BCUT2D eigenvalue weighted by Gasteiger charge is 2.26. The number of phosphoric acid groups is 1. The first-order chi connectivity index (χ1) is 24.0. The van der Waals surface area contributed by atoms with Crippen LogP contribution in [0.2, 0.25) is 0 Å². The van der Waals surface area contributed by atoms with E-state index in [2.05, 4.69) is 13.8 Å². The Hall–Kier alpha value is -0.540. The number of phosphoric ester groups is 1. The van der Waals surface area contributed by atoms with Crippen LogP contribution in [0, 0.1) is 0 Å². The molecule has 50 heavy (non-hydrogen) atoms. The number of unbranched alkanes of at least 4 members (excludes halogenated alkanes) is 24. The molecule has 0 amide bonds. The number of ether oxygens (including phenoxy) is 2. The number of hydrogen-bond donors (Lipinski definition) is 2. The highest BCUT2D eigenvalue weighted by Crippen LogP contribution is 2.43. The number of aliphatic hydroxyl groups is 1. The molecule has 0 rings (SSSR count). The van der Waals surface area contributed by atoms with E-state index >= 15 is 0 Å². The van der Waals surface area contributed by atoms with Gasteiger partial charge < -0.3 is 24.0 Å². The Labute approximate surface area is 309 Å². The molecule has 0 aromatic rings. The van der Waals surface area contributed by atoms with E-state index in [0.29, 0.717) is 23.9 Å². The lowest BCUT2D eigenvalue weighted by molar-refractivity contribution is -0.870. The zero-order valence-corrected chi connectivity index (χ0v) is 34.4. The molecular weight excluding hydrogens is 653 g/mol. The summed E-state index contributed by atoms with van der Waals surface area (Å²) in [4.78, 5) is 22.6. The third-order valence-corrected chi connectivity index (χ3v) is 10.2. The first-order valence-electron chi connectivity index (χ1n) is 20.9. The second kappa shape index (κ2) is 34.2. The smallest absolute Gasteiger partial charge is 0.463 e. The van der Waals surface area contributed by atoms with Crippen molar-refractivity contribution in [3.05, 3.63) is 0 Å². The van der Waals surface area contributed by atoms with Crippen molar-refractivity contribution in [1.82, 2.24) is 0 Å². The molecule has 0 saturated heterocycles. The number of carbonyl (C=O) groups is 1. The molecule has 0 bridgehead atoms. The molecule has 0 aromatic heterocycles. The SMILES string of the molecule is CCCCCCCCCCCCCCCC(=O)OC[C@H](COP(=O)(O)OCC[N+](C)(C)C)OC(O)CCCCCCCCCCCCCCC. The van der Waals surface area contributed by atoms with E-state index < -0.39 is 20.2 Å². The van der Waals surface area contributed by atoms with Crippen LogP contribution >= 0.6 is 7.82 Å². The van der Waals surface area contributed by atoms with Gasteiger partial charge in [0.15, 0.2) is 6.29 Å². The van der Waals surface area contributed by atoms with Gasteiger partial charge in [-0.3, -0.25) is 13.8 Å². The van der Waals surface area contributed by atoms with Gasteiger partial charge in [-0.25, -0.2) is 4.57 Å². The van der Waals surface area contributed by atoms with Gasteiger partial charge in [-0.05, 0) is 19.3 Å². The lowest BCUT2D eigenvalue weighted by atomic mass is 10.0. The molecule has 3 atom stereocenters. The van der Waals surface area contributed by atoms with Gasteiger partial charge >= 0.3 is 13.8 Å². The monoisotopic (exact) mass is 737 g/mol. The van der Waals surface area contributed by atoms with Crippen LogP contribution in [0.4, 0.5) is 0 Å². The van der Waals surface area contributed by atoms with Gasteiger partial charge in [0.2, 0.25) is 0 Å². The van der Waals surface area contributed by atoms with Gasteiger partial charge in [0.25, 0.3) is 0 Å². The molecule has 0 aromatic carbocycles. The van der Waals surface area contributed by atoms with E-state index in [1.165, 1.54) is 128 Å². The maximum Gasteiger partial charge on any atom is 0.472 e. The summed E-state index contributed by atoms with van der Waals surface area (Å²) < 4.78 is 34.6. The molecule has 0 heterocycles. The highest BCUT2D eigenvalue weighted by atomic mass is 31.2. The topological polar surface area (TPSA) is 112 Å². The van der Waals surface area contributed by atoms with Gasteiger partial charge in [0.05, 0.1) is 27.7 Å². The number of nitrogens with zero attached hydrogens (tertiary/aromatic N) is 1. The molecule has 0 aliphatic rings. The quantitative estimate of drug-likeness (QED) is 0.0211. The lowest BCUT2D eigenvalue weighted by Gasteiger charge is -2.25. The number of likely N-dealkylation sites (N-methyl/N-ethyl adjacent to an activating group) is 1. The maximum absolute atomic E-state index is 12.5. The highest BCUT2D eigenvalue weighted by molar-refractivity contribution is 7.47. The Morgan fingerprint density at radius 2 is 1.00 bits per heavy atom. The molecule has 0 aliphatic carbocycles. The molecule has 0 spiro atoms. The van der Waals surface area contributed by atoms with Crippen molar-refractivity contribution in [2.75, 3.05) is 47.5 Å². The molecule has 2 N–H and O–H groups in total. The van der Waals surface area contributed by atoms with Crippen LogP contribution in [0.25, 0.3) is 0 Å². The Kier molecular flexibility index (Phi) is 33.9. The minimum atomic E-state index is -4.33. The van der Waals surface area contributed by atoms with Crippen molar-refractivity contribution in [3.8, 4) is 0 Å². The van der Waals surface area contributed by atoms with Crippen LogP contribution in [0.15, 0.2) is 0 Å². The van der Waals surface area contributed by atoms with Crippen molar-refractivity contribution in [2.45, 2.75) is 206 Å². The summed E-state index contributed by atoms with van der Waals surface area (Å²) in [7, 11) is 1.55. The standard InChI is InChI=1S/C40H82NO8P/c1-6-8-10-12-14-16-18-20-22-24-26-28-30-32-39(42)46-36-38(37-48-50(44,45)47-35-34-41(3,4)5)49-40(43)33-31-29-27-25-23-21-19-17-15-13-11-9-7-2/h38,40,43H,6-37H2,1-5H3/p+1/t38-,40?/m1/s1. The molecule has 0 saturated carbocycles. The van der Waals surface area contributed by atoms with Gasteiger partial charge in [-0.15, -0.1) is 0 Å². The normalized spacial score (nSPS) is 14.5. The van der Waals surface area contributed by atoms with Gasteiger partial charge in [0.1, 0.15) is 25.9 Å². The summed E-state index contributed by atoms with van der Waals surface area (Å²) >= 11 is 0. The Morgan fingerprint density at radius 1 is 0.600 bits per heavy atom. The van der Waals surface area contributed by atoms with Gasteiger partial charge in [-0.2, -0.15) is 0 Å². The summed E-state index contributed by atoms with van der Waals surface area (Å²) in [6.07, 6.45) is 31.1. The van der Waals surface area contributed by atoms with Crippen molar-refractivity contribution in [1.29, 1.82) is 0 Å². The Balaban J connectivity index is 4.36. The predicted octanol–water partition coefficient (Wildman–Crippen LogP) is 11.0. The third kappa shape index (κ3) is 37.2. The molecule has 2 unspecified atom stereocenters. The fraction of sp³-hybridized carbons (Fsp3) is 0.975. The van der Waals surface area contributed by atoms with Crippen LogP contribution in [-0.2, 0) is 27.9 Å². The summed E-state index contributed by atoms with van der Waals surface area (Å²) in [5, 5.41) is 10.6. The van der Waals surface area contributed by atoms with Gasteiger partial charge in [0, 0.05) is 6.42 Å². The largest absolute Gasteiger partial charge is 0.472 e. The predicted molar refractivity (Wildman–Crippen MR) is 207 cm³/mol. The van der Waals surface area contributed by atoms with Crippen molar-refractivity contribution in [2.24, 2.45) is 0 Å². The van der Waals surface area contributed by atoms with Crippen LogP contribution in [0.5, 0.6) is 0 Å².